The Hall–Kier alpha value is -1.33. The minimum Gasteiger partial charge on any atom is -0.450 e. The molecule has 0 aromatic rings. The summed E-state index contributed by atoms with van der Waals surface area (Å²) >= 11 is 5.43. The van der Waals surface area contributed by atoms with Gasteiger partial charge in [0.25, 0.3) is 10.0 Å². The van der Waals surface area contributed by atoms with E-state index in [-0.39, 0.29) is 16.1 Å². The first-order valence-electron chi connectivity index (χ1n) is 5.28. The van der Waals surface area contributed by atoms with Crippen LogP contribution in [0, 0.1) is 0 Å². The average Bonchev–Trinajstić information content (AvgIpc) is 3.03. The number of carbonyl (C=O) groups is 1. The molecule has 10 nitrogen and oxygen atoms in total. The van der Waals surface area contributed by atoms with Gasteiger partial charge in [-0.1, -0.05) is 4.41 Å². The summed E-state index contributed by atoms with van der Waals surface area (Å²) in [6, 6.07) is -1.30. The number of halogens is 1. The van der Waals surface area contributed by atoms with Gasteiger partial charge in [-0.15, -0.1) is 16.0 Å². The van der Waals surface area contributed by atoms with Crippen LogP contribution in [0.1, 0.15) is 0 Å². The van der Waals surface area contributed by atoms with Crippen LogP contribution in [0.5, 0.6) is 0 Å². The van der Waals surface area contributed by atoms with Crippen molar-refractivity contribution < 1.29 is 31.2 Å². The van der Waals surface area contributed by atoms with Crippen molar-refractivity contribution >= 4 is 43.6 Å². The fourth-order valence-corrected chi connectivity index (χ4v) is 3.83. The Labute approximate surface area is 126 Å². The first-order chi connectivity index (χ1) is 9.52. The van der Waals surface area contributed by atoms with Crippen LogP contribution >= 0.6 is 11.6 Å². The Morgan fingerprint density at radius 1 is 1.33 bits per heavy atom. The number of nitrogens with zero attached hydrogens (tertiary/aromatic N) is 2. The minimum atomic E-state index is -4.26. The van der Waals surface area contributed by atoms with Crippen molar-refractivity contribution in [2.45, 2.75) is 6.23 Å². The molecule has 1 fully saturated rings. The third-order valence-corrected chi connectivity index (χ3v) is 4.51. The van der Waals surface area contributed by atoms with Gasteiger partial charge in [0.15, 0.2) is 5.94 Å². The van der Waals surface area contributed by atoms with Crippen LogP contribution in [-0.4, -0.2) is 68.8 Å². The van der Waals surface area contributed by atoms with Crippen molar-refractivity contribution in [1.29, 1.82) is 0 Å². The second-order valence-electron chi connectivity index (χ2n) is 3.92. The third-order valence-electron chi connectivity index (χ3n) is 2.13. The van der Waals surface area contributed by atoms with Gasteiger partial charge in [0.05, 0.1) is 12.5 Å². The fraction of sp³-hybridized carbons (Fsp3) is 0.625. The van der Waals surface area contributed by atoms with Crippen molar-refractivity contribution in [3.63, 3.8) is 0 Å². The maximum absolute atomic E-state index is 11.9. The molecule has 1 saturated heterocycles. The quantitative estimate of drug-likeness (QED) is 0.262. The van der Waals surface area contributed by atoms with Gasteiger partial charge in [0, 0.05) is 12.4 Å². The predicted octanol–water partition coefficient (Wildman–Crippen LogP) is -1.56. The number of epoxide rings is 1. The van der Waals surface area contributed by atoms with Crippen LogP contribution in [0.25, 0.3) is 0 Å². The van der Waals surface area contributed by atoms with Gasteiger partial charge in [0.2, 0.25) is 22.0 Å². The van der Waals surface area contributed by atoms with E-state index in [1.807, 2.05) is 5.32 Å². The zero-order valence-corrected chi connectivity index (χ0v) is 13.3. The molecule has 0 aromatic heterocycles. The first-order valence-corrected chi connectivity index (χ1v) is 9.51. The number of hydrazine groups is 1. The van der Waals surface area contributed by atoms with Crippen molar-refractivity contribution in [2.75, 3.05) is 24.9 Å². The number of ether oxygens (including phenoxy) is 1. The summed E-state index contributed by atoms with van der Waals surface area (Å²) in [5.41, 5.74) is 0. The lowest BCUT2D eigenvalue weighted by Crippen LogP contribution is -2.56. The maximum atomic E-state index is 11.9. The summed E-state index contributed by atoms with van der Waals surface area (Å²) in [5.74, 6) is 0.899. The Kier molecular flexibility index (Phi) is 5.23. The molecule has 21 heavy (non-hydrogen) atoms. The van der Waals surface area contributed by atoms with Crippen molar-refractivity contribution in [1.82, 2.24) is 14.1 Å². The molecule has 1 N–H and O–H groups in total. The highest BCUT2D eigenvalue weighted by Crippen LogP contribution is 2.21. The van der Waals surface area contributed by atoms with Crippen LogP contribution in [0.15, 0.2) is 5.76 Å². The summed E-state index contributed by atoms with van der Waals surface area (Å²) in [6.07, 6.45) is 0.232. The van der Waals surface area contributed by atoms with Crippen molar-refractivity contribution in [3.05, 3.63) is 5.76 Å². The topological polar surface area (TPSA) is 133 Å². The molecule has 1 rings (SSSR count). The first kappa shape index (κ1) is 17.7. The number of hydrogen-bond donors (Lipinski definition) is 1. The van der Waals surface area contributed by atoms with Crippen LogP contribution in [0.4, 0.5) is 4.79 Å². The molecule has 0 saturated carbocycles. The van der Waals surface area contributed by atoms with E-state index in [0.717, 1.165) is 6.26 Å². The summed E-state index contributed by atoms with van der Waals surface area (Å²) in [4.78, 5) is 22.2. The molecule has 1 aliphatic rings. The number of rotatable bonds is 6. The van der Waals surface area contributed by atoms with Gasteiger partial charge in [-0.3, -0.25) is 5.32 Å². The molecule has 13 heteroatoms. The molecule has 1 heterocycles. The number of amides is 2. The number of urea groups is 1. The van der Waals surface area contributed by atoms with E-state index < -0.39 is 38.9 Å². The Morgan fingerprint density at radius 3 is 2.24 bits per heavy atom. The fourth-order valence-electron chi connectivity index (χ4n) is 1.31. The van der Waals surface area contributed by atoms with E-state index in [4.69, 9.17) is 11.6 Å². The summed E-state index contributed by atoms with van der Waals surface area (Å²) in [6.45, 7) is -0.442. The molecule has 0 aromatic carbocycles. The standard InChI is InChI=1S/C8H12ClN3O7S2/c1-20(15,16)11(4-3-9)12(21(2,17)18)8(14)10-7-6(5-13)19-7/h7H,3-4H2,1-2H3,(H,10,14). The lowest BCUT2D eigenvalue weighted by molar-refractivity contribution is 0.160. The second-order valence-corrected chi connectivity index (χ2v) is 7.99. The van der Waals surface area contributed by atoms with E-state index in [2.05, 4.69) is 4.74 Å². The number of alkyl halides is 1. The number of carbonyl (C=O) groups excluding carboxylic acids is 2. The molecule has 0 radical (unpaired) electrons. The minimum absolute atomic E-state index is 0.00875. The SMILES string of the molecule is CS(=O)(=O)N(CCCl)N(C(=O)NC1OC1=C=O)S(C)(=O)=O. The molecule has 2 amide bonds. The van der Waals surface area contributed by atoms with E-state index in [1.165, 1.54) is 5.94 Å². The van der Waals surface area contributed by atoms with Gasteiger partial charge in [0.1, 0.15) is 0 Å². The van der Waals surface area contributed by atoms with Gasteiger partial charge in [-0.05, 0) is 0 Å². The lowest BCUT2D eigenvalue weighted by atomic mass is 10.6. The number of sulfonamides is 2. The Morgan fingerprint density at radius 2 is 1.90 bits per heavy atom. The lowest BCUT2D eigenvalue weighted by Gasteiger charge is -2.29. The highest BCUT2D eigenvalue weighted by molar-refractivity contribution is 7.91. The van der Waals surface area contributed by atoms with Crippen LogP contribution < -0.4 is 5.32 Å². The zero-order valence-electron chi connectivity index (χ0n) is 10.9. The predicted molar refractivity (Wildman–Crippen MR) is 71.6 cm³/mol. The van der Waals surface area contributed by atoms with Crippen LogP contribution in [-0.2, 0) is 29.6 Å². The molecule has 120 valence electrons. The normalized spacial score (nSPS) is 17.9. The molecule has 0 spiro atoms. The summed E-state index contributed by atoms with van der Waals surface area (Å²) < 4.78 is 51.5. The number of hydrogen-bond acceptors (Lipinski definition) is 7. The van der Waals surface area contributed by atoms with Gasteiger partial charge in [-0.25, -0.2) is 26.4 Å². The molecular weight excluding hydrogens is 350 g/mol. The molecule has 1 atom stereocenters. The number of nitrogens with one attached hydrogen (secondary N) is 1. The molecule has 0 bridgehead atoms. The highest BCUT2D eigenvalue weighted by atomic mass is 35.5. The van der Waals surface area contributed by atoms with E-state index >= 15 is 0 Å². The smallest absolute Gasteiger partial charge is 0.350 e. The third kappa shape index (κ3) is 4.58. The Bertz CT molecular complexity index is 683. The molecule has 1 aliphatic heterocycles. The Balaban J connectivity index is 3.10. The summed E-state index contributed by atoms with van der Waals surface area (Å²) in [7, 11) is -8.34. The summed E-state index contributed by atoms with van der Waals surface area (Å²) in [5, 5.41) is 2.01. The van der Waals surface area contributed by atoms with Crippen molar-refractivity contribution in [3.8, 4) is 0 Å². The van der Waals surface area contributed by atoms with E-state index in [1.54, 1.807) is 0 Å². The van der Waals surface area contributed by atoms with Gasteiger partial charge >= 0.3 is 6.03 Å². The van der Waals surface area contributed by atoms with Crippen LogP contribution in [0.2, 0.25) is 0 Å². The second kappa shape index (κ2) is 6.20. The highest BCUT2D eigenvalue weighted by Gasteiger charge is 2.42. The molecule has 1 unspecified atom stereocenters. The largest absolute Gasteiger partial charge is 0.450 e. The average molecular weight is 362 g/mol. The van der Waals surface area contributed by atoms with E-state index in [0.29, 0.717) is 10.7 Å². The monoisotopic (exact) mass is 361 g/mol. The van der Waals surface area contributed by atoms with Crippen molar-refractivity contribution in [2.24, 2.45) is 0 Å². The van der Waals surface area contributed by atoms with Gasteiger partial charge in [-0.2, -0.15) is 0 Å². The molecule has 0 aliphatic carbocycles. The zero-order chi connectivity index (χ0) is 16.4. The maximum Gasteiger partial charge on any atom is 0.350 e. The van der Waals surface area contributed by atoms with Crippen LogP contribution in [0.3, 0.4) is 0 Å². The van der Waals surface area contributed by atoms with Gasteiger partial charge < -0.3 is 4.74 Å². The molecular formula is C8H12ClN3O7S2. The van der Waals surface area contributed by atoms with E-state index in [9.17, 15) is 26.4 Å².